The van der Waals surface area contributed by atoms with Crippen LogP contribution in [0.4, 0.5) is 23.7 Å². The largest absolute Gasteiger partial charge is 0.416 e. The Hall–Kier alpha value is -2.50. The van der Waals surface area contributed by atoms with Crippen LogP contribution in [0.1, 0.15) is 35.6 Å². The van der Waals surface area contributed by atoms with Crippen molar-refractivity contribution in [3.8, 4) is 0 Å². The molecule has 126 valence electrons. The van der Waals surface area contributed by atoms with Gasteiger partial charge in [-0.2, -0.15) is 13.2 Å². The zero-order valence-corrected chi connectivity index (χ0v) is 12.9. The summed E-state index contributed by atoms with van der Waals surface area (Å²) < 4.78 is 38.1. The lowest BCUT2D eigenvalue weighted by molar-refractivity contribution is -0.137. The molecule has 2 aromatic rings. The number of fused-ring (bicyclic) bond motifs is 1. The van der Waals surface area contributed by atoms with Crippen molar-refractivity contribution >= 4 is 11.7 Å². The molecule has 2 N–H and O–H groups in total. The van der Waals surface area contributed by atoms with Gasteiger partial charge in [0, 0.05) is 5.69 Å². The van der Waals surface area contributed by atoms with Crippen molar-refractivity contribution in [1.29, 1.82) is 0 Å². The smallest absolute Gasteiger partial charge is 0.331 e. The van der Waals surface area contributed by atoms with Gasteiger partial charge in [0.1, 0.15) is 0 Å². The minimum absolute atomic E-state index is 0.117. The maximum atomic E-state index is 12.7. The molecule has 0 fully saturated rings. The topological polar surface area (TPSA) is 41.1 Å². The van der Waals surface area contributed by atoms with Crippen LogP contribution >= 0.6 is 0 Å². The summed E-state index contributed by atoms with van der Waals surface area (Å²) in [5.41, 5.74) is 1.60. The molecule has 2 amide bonds. The van der Waals surface area contributed by atoms with Crippen LogP contribution in [0.5, 0.6) is 0 Å². The van der Waals surface area contributed by atoms with E-state index in [1.54, 1.807) is 0 Å². The fraction of sp³-hybridized carbons (Fsp3) is 0.278. The average molecular weight is 334 g/mol. The maximum Gasteiger partial charge on any atom is 0.416 e. The van der Waals surface area contributed by atoms with E-state index in [1.165, 1.54) is 17.7 Å². The Morgan fingerprint density at radius 3 is 2.67 bits per heavy atom. The molecule has 0 spiro atoms. The SMILES string of the molecule is O=C(Nc1cccc(C(F)(F)F)c1)N[C@@H]1CCCc2ccccc21. The van der Waals surface area contributed by atoms with Crippen LogP contribution in [0, 0.1) is 0 Å². The van der Waals surface area contributed by atoms with Gasteiger partial charge < -0.3 is 10.6 Å². The summed E-state index contributed by atoms with van der Waals surface area (Å²) in [6.07, 6.45) is -1.68. The van der Waals surface area contributed by atoms with Crippen LogP contribution < -0.4 is 10.6 Å². The van der Waals surface area contributed by atoms with Gasteiger partial charge in [-0.1, -0.05) is 30.3 Å². The zero-order chi connectivity index (χ0) is 17.2. The van der Waals surface area contributed by atoms with Gasteiger partial charge in [0.05, 0.1) is 11.6 Å². The predicted molar refractivity (Wildman–Crippen MR) is 85.7 cm³/mol. The van der Waals surface area contributed by atoms with Crippen molar-refractivity contribution in [2.45, 2.75) is 31.5 Å². The minimum atomic E-state index is -4.43. The first-order valence-corrected chi connectivity index (χ1v) is 7.76. The van der Waals surface area contributed by atoms with E-state index in [-0.39, 0.29) is 11.7 Å². The molecule has 0 unspecified atom stereocenters. The highest BCUT2D eigenvalue weighted by atomic mass is 19.4. The molecule has 24 heavy (non-hydrogen) atoms. The third-order valence-electron chi connectivity index (χ3n) is 4.12. The van der Waals surface area contributed by atoms with Crippen molar-refractivity contribution in [3.05, 3.63) is 65.2 Å². The van der Waals surface area contributed by atoms with Crippen molar-refractivity contribution in [2.75, 3.05) is 5.32 Å². The number of hydrogen-bond donors (Lipinski definition) is 2. The van der Waals surface area contributed by atoms with Crippen molar-refractivity contribution < 1.29 is 18.0 Å². The van der Waals surface area contributed by atoms with Gasteiger partial charge >= 0.3 is 12.2 Å². The Labute approximate surface area is 137 Å². The number of aryl methyl sites for hydroxylation is 1. The number of rotatable bonds is 2. The van der Waals surface area contributed by atoms with Gasteiger partial charge in [-0.25, -0.2) is 4.79 Å². The summed E-state index contributed by atoms with van der Waals surface area (Å²) >= 11 is 0. The molecule has 0 aliphatic heterocycles. The third kappa shape index (κ3) is 3.69. The van der Waals surface area contributed by atoms with Gasteiger partial charge in [0.15, 0.2) is 0 Å². The number of carbonyl (C=O) groups excluding carboxylic acids is 1. The monoisotopic (exact) mass is 334 g/mol. The molecule has 0 aromatic heterocycles. The van der Waals surface area contributed by atoms with E-state index in [2.05, 4.69) is 10.6 Å². The number of hydrogen-bond acceptors (Lipinski definition) is 1. The molecule has 0 radical (unpaired) electrons. The van der Waals surface area contributed by atoms with Gasteiger partial charge in [-0.05, 0) is 48.6 Å². The van der Waals surface area contributed by atoms with Crippen molar-refractivity contribution in [3.63, 3.8) is 0 Å². The first-order chi connectivity index (χ1) is 11.4. The Balaban J connectivity index is 1.69. The molecule has 3 nitrogen and oxygen atoms in total. The summed E-state index contributed by atoms with van der Waals surface area (Å²) in [5.74, 6) is 0. The van der Waals surface area contributed by atoms with Crippen LogP contribution in [0.2, 0.25) is 0 Å². The molecule has 3 rings (SSSR count). The number of amides is 2. The third-order valence-corrected chi connectivity index (χ3v) is 4.12. The lowest BCUT2D eigenvalue weighted by Crippen LogP contribution is -2.34. The van der Waals surface area contributed by atoms with E-state index in [0.717, 1.165) is 37.0 Å². The Bertz CT molecular complexity index is 743. The first-order valence-electron chi connectivity index (χ1n) is 7.76. The van der Waals surface area contributed by atoms with Gasteiger partial charge in [0.2, 0.25) is 0 Å². The zero-order valence-electron chi connectivity index (χ0n) is 12.9. The number of halogens is 3. The number of benzene rings is 2. The first kappa shape index (κ1) is 16.4. The molecule has 0 saturated carbocycles. The van der Waals surface area contributed by atoms with Crippen molar-refractivity contribution in [1.82, 2.24) is 5.32 Å². The van der Waals surface area contributed by atoms with Crippen LogP contribution in [-0.2, 0) is 12.6 Å². The van der Waals surface area contributed by atoms with Crippen LogP contribution in [-0.4, -0.2) is 6.03 Å². The fourth-order valence-corrected chi connectivity index (χ4v) is 3.00. The summed E-state index contributed by atoms with van der Waals surface area (Å²) in [6.45, 7) is 0. The highest BCUT2D eigenvalue weighted by Gasteiger charge is 2.30. The molecule has 0 bridgehead atoms. The Morgan fingerprint density at radius 2 is 1.88 bits per heavy atom. The molecule has 0 saturated heterocycles. The maximum absolute atomic E-state index is 12.7. The van der Waals surface area contributed by atoms with E-state index in [0.29, 0.717) is 0 Å². The van der Waals surface area contributed by atoms with Crippen LogP contribution in [0.3, 0.4) is 0 Å². The average Bonchev–Trinajstić information content (AvgIpc) is 2.54. The van der Waals surface area contributed by atoms with E-state index in [1.807, 2.05) is 24.3 Å². The van der Waals surface area contributed by atoms with E-state index < -0.39 is 17.8 Å². The molecule has 0 heterocycles. The lowest BCUT2D eigenvalue weighted by Gasteiger charge is -2.26. The van der Waals surface area contributed by atoms with Crippen LogP contribution in [0.15, 0.2) is 48.5 Å². The van der Waals surface area contributed by atoms with E-state index in [4.69, 9.17) is 0 Å². The molecule has 2 aromatic carbocycles. The molecule has 6 heteroatoms. The van der Waals surface area contributed by atoms with Crippen molar-refractivity contribution in [2.24, 2.45) is 0 Å². The highest BCUT2D eigenvalue weighted by molar-refractivity contribution is 5.89. The van der Waals surface area contributed by atoms with Gasteiger partial charge in [-0.3, -0.25) is 0 Å². The summed E-state index contributed by atoms with van der Waals surface area (Å²) in [4.78, 5) is 12.1. The second kappa shape index (κ2) is 6.55. The standard InChI is InChI=1S/C18H17F3N2O/c19-18(20,21)13-7-4-8-14(11-13)22-17(24)23-16-10-3-6-12-5-1-2-9-15(12)16/h1-2,4-5,7-9,11,16H,3,6,10H2,(H2,22,23,24)/t16-/m1/s1. The van der Waals surface area contributed by atoms with E-state index >= 15 is 0 Å². The molecule has 1 aliphatic carbocycles. The number of carbonyl (C=O) groups is 1. The van der Waals surface area contributed by atoms with E-state index in [9.17, 15) is 18.0 Å². The van der Waals surface area contributed by atoms with Crippen LogP contribution in [0.25, 0.3) is 0 Å². The molecular weight excluding hydrogens is 317 g/mol. The predicted octanol–water partition coefficient (Wildman–Crippen LogP) is 4.90. The number of alkyl halides is 3. The highest BCUT2D eigenvalue weighted by Crippen LogP contribution is 2.31. The number of nitrogens with one attached hydrogen (secondary N) is 2. The van der Waals surface area contributed by atoms with Gasteiger partial charge in [0.25, 0.3) is 0 Å². The summed E-state index contributed by atoms with van der Waals surface area (Å²) in [5, 5.41) is 5.33. The lowest BCUT2D eigenvalue weighted by atomic mass is 9.88. The number of urea groups is 1. The second-order valence-electron chi connectivity index (χ2n) is 5.82. The Morgan fingerprint density at radius 1 is 1.08 bits per heavy atom. The quantitative estimate of drug-likeness (QED) is 0.805. The van der Waals surface area contributed by atoms with Gasteiger partial charge in [-0.15, -0.1) is 0 Å². The molecule has 1 atom stereocenters. The second-order valence-corrected chi connectivity index (χ2v) is 5.82. The fourth-order valence-electron chi connectivity index (χ4n) is 3.00. The summed E-state index contributed by atoms with van der Waals surface area (Å²) in [7, 11) is 0. The minimum Gasteiger partial charge on any atom is -0.331 e. The normalized spacial score (nSPS) is 17.0. The summed E-state index contributed by atoms with van der Waals surface area (Å²) in [6, 6.07) is 11.9. The Kier molecular flexibility index (Phi) is 4.46. The molecular formula is C18H17F3N2O. The molecule has 1 aliphatic rings. The number of anilines is 1.